The van der Waals surface area contributed by atoms with Crippen LogP contribution >= 0.6 is 15.9 Å². The number of carbonyl (C=O) groups is 1. The van der Waals surface area contributed by atoms with Gasteiger partial charge >= 0.3 is 6.01 Å². The molecule has 6 nitrogen and oxygen atoms in total. The van der Waals surface area contributed by atoms with Crippen LogP contribution in [0.3, 0.4) is 0 Å². The van der Waals surface area contributed by atoms with Crippen molar-refractivity contribution in [1.29, 1.82) is 0 Å². The van der Waals surface area contributed by atoms with Gasteiger partial charge in [-0.2, -0.15) is 4.98 Å². The van der Waals surface area contributed by atoms with Crippen LogP contribution in [0.5, 0.6) is 6.01 Å². The number of fused-ring (bicyclic) bond motifs is 1. The molecule has 0 saturated carbocycles. The van der Waals surface area contributed by atoms with Gasteiger partial charge in [-0.25, -0.2) is 4.98 Å². The van der Waals surface area contributed by atoms with E-state index >= 15 is 0 Å². The summed E-state index contributed by atoms with van der Waals surface area (Å²) in [4.78, 5) is 22.5. The van der Waals surface area contributed by atoms with Crippen LogP contribution in [0.25, 0.3) is 0 Å². The fourth-order valence-electron chi connectivity index (χ4n) is 2.53. The number of rotatable bonds is 7. The van der Waals surface area contributed by atoms with Crippen molar-refractivity contribution >= 4 is 27.7 Å². The maximum absolute atomic E-state index is 12.3. The summed E-state index contributed by atoms with van der Waals surface area (Å²) >= 11 is 3.42. The lowest BCUT2D eigenvalue weighted by Gasteiger charge is -2.16. The van der Waals surface area contributed by atoms with E-state index < -0.39 is 0 Å². The number of aromatic nitrogens is 2. The van der Waals surface area contributed by atoms with Crippen molar-refractivity contribution in [2.24, 2.45) is 0 Å². The lowest BCUT2D eigenvalue weighted by molar-refractivity contribution is -0.117. The van der Waals surface area contributed by atoms with E-state index in [-0.39, 0.29) is 11.9 Å². The summed E-state index contributed by atoms with van der Waals surface area (Å²) in [5.41, 5.74) is 2.01. The normalized spacial score (nSPS) is 13.2. The molecule has 0 atom stereocenters. The van der Waals surface area contributed by atoms with Crippen LogP contribution in [-0.4, -0.2) is 42.7 Å². The van der Waals surface area contributed by atoms with E-state index in [1.165, 1.54) is 5.56 Å². The quantitative estimate of drug-likeness (QED) is 0.678. The summed E-state index contributed by atoms with van der Waals surface area (Å²) in [5.74, 6) is 0.699. The molecule has 126 valence electrons. The zero-order valence-corrected chi connectivity index (χ0v) is 15.0. The Hall–Kier alpha value is -1.99. The van der Waals surface area contributed by atoms with E-state index in [9.17, 15) is 4.79 Å². The van der Waals surface area contributed by atoms with Crippen LogP contribution in [0.4, 0.5) is 5.82 Å². The summed E-state index contributed by atoms with van der Waals surface area (Å²) < 4.78 is 11.4. The maximum Gasteiger partial charge on any atom is 0.318 e. The summed E-state index contributed by atoms with van der Waals surface area (Å²) in [7, 11) is 1.61. The number of halogens is 1. The van der Waals surface area contributed by atoms with Crippen molar-refractivity contribution in [3.8, 4) is 6.01 Å². The number of nitrogens with zero attached hydrogens (tertiary/aromatic N) is 3. The van der Waals surface area contributed by atoms with Crippen LogP contribution in [0.2, 0.25) is 0 Å². The highest BCUT2D eigenvalue weighted by Crippen LogP contribution is 2.27. The molecule has 3 rings (SSSR count). The molecule has 2 aromatic rings. The first-order valence-electron chi connectivity index (χ1n) is 7.70. The van der Waals surface area contributed by atoms with E-state index in [0.29, 0.717) is 32.0 Å². The number of hydrogen-bond donors (Lipinski definition) is 0. The van der Waals surface area contributed by atoms with E-state index in [4.69, 9.17) is 9.47 Å². The summed E-state index contributed by atoms with van der Waals surface area (Å²) in [6.07, 6.45) is 2.78. The zero-order valence-electron chi connectivity index (χ0n) is 13.4. The first kappa shape index (κ1) is 16.9. The number of hydrogen-bond acceptors (Lipinski definition) is 5. The van der Waals surface area contributed by atoms with E-state index in [1.807, 2.05) is 24.3 Å². The highest BCUT2D eigenvalue weighted by Gasteiger charge is 2.29. The molecule has 1 amide bonds. The number of benzene rings is 1. The molecule has 0 N–H and O–H groups in total. The average Bonchev–Trinajstić information content (AvgIpc) is 2.89. The van der Waals surface area contributed by atoms with Gasteiger partial charge in [-0.3, -0.25) is 9.69 Å². The monoisotopic (exact) mass is 391 g/mol. The van der Waals surface area contributed by atoms with Gasteiger partial charge in [0.25, 0.3) is 0 Å². The molecule has 0 radical (unpaired) electrons. The molecule has 24 heavy (non-hydrogen) atoms. The van der Waals surface area contributed by atoms with Crippen molar-refractivity contribution in [2.45, 2.75) is 12.8 Å². The molecular formula is C17H18BrN3O3. The van der Waals surface area contributed by atoms with Gasteiger partial charge in [-0.15, -0.1) is 0 Å². The third-order valence-corrected chi connectivity index (χ3v) is 4.30. The van der Waals surface area contributed by atoms with Gasteiger partial charge in [-0.05, 0) is 24.1 Å². The number of ether oxygens (including phenoxy) is 2. The second-order valence-corrected chi connectivity index (χ2v) is 6.36. The third-order valence-electron chi connectivity index (χ3n) is 3.77. The molecule has 1 aliphatic rings. The van der Waals surface area contributed by atoms with Gasteiger partial charge in [-0.1, -0.05) is 28.1 Å². The number of amides is 1. The van der Waals surface area contributed by atoms with Gasteiger partial charge in [0.2, 0.25) is 5.91 Å². The molecule has 1 aliphatic heterocycles. The van der Waals surface area contributed by atoms with Crippen molar-refractivity contribution in [3.63, 3.8) is 0 Å². The van der Waals surface area contributed by atoms with Crippen LogP contribution in [0.15, 0.2) is 34.9 Å². The Bertz CT molecular complexity index is 722. The van der Waals surface area contributed by atoms with E-state index in [2.05, 4.69) is 25.9 Å². The molecular weight excluding hydrogens is 374 g/mol. The summed E-state index contributed by atoms with van der Waals surface area (Å²) in [5, 5.41) is 0. The van der Waals surface area contributed by atoms with Gasteiger partial charge in [0.05, 0.1) is 13.0 Å². The predicted octanol–water partition coefficient (Wildman–Crippen LogP) is 2.40. The average molecular weight is 392 g/mol. The zero-order chi connectivity index (χ0) is 16.9. The Kier molecular flexibility index (Phi) is 5.42. The molecule has 0 fully saturated rings. The molecule has 0 aliphatic carbocycles. The molecule has 0 bridgehead atoms. The van der Waals surface area contributed by atoms with Crippen LogP contribution in [0, 0.1) is 0 Å². The van der Waals surface area contributed by atoms with Crippen molar-refractivity contribution in [1.82, 2.24) is 9.97 Å². The number of methoxy groups -OCH3 is 1. The fourth-order valence-corrected chi connectivity index (χ4v) is 2.79. The van der Waals surface area contributed by atoms with E-state index in [0.717, 1.165) is 16.5 Å². The molecule has 1 aromatic carbocycles. The minimum atomic E-state index is 0.0467. The Morgan fingerprint density at radius 3 is 2.79 bits per heavy atom. The summed E-state index contributed by atoms with van der Waals surface area (Å²) in [6.45, 7) is 1.43. The SMILES string of the molecule is COCCOc1ncc2c(n1)N(CCc1ccc(Br)cc1)C(=O)C2. The van der Waals surface area contributed by atoms with Crippen LogP contribution in [-0.2, 0) is 22.4 Å². The highest BCUT2D eigenvalue weighted by atomic mass is 79.9. The molecule has 0 unspecified atom stereocenters. The fraction of sp³-hybridized carbons (Fsp3) is 0.353. The van der Waals surface area contributed by atoms with Crippen molar-refractivity contribution in [2.75, 3.05) is 31.8 Å². The Morgan fingerprint density at radius 1 is 1.25 bits per heavy atom. The minimum absolute atomic E-state index is 0.0467. The molecule has 2 heterocycles. The second kappa shape index (κ2) is 7.72. The Morgan fingerprint density at radius 2 is 2.04 bits per heavy atom. The number of carbonyl (C=O) groups excluding carboxylic acids is 1. The van der Waals surface area contributed by atoms with Crippen molar-refractivity contribution in [3.05, 3.63) is 46.1 Å². The first-order valence-corrected chi connectivity index (χ1v) is 8.49. The molecule has 0 spiro atoms. The number of anilines is 1. The molecule has 1 aromatic heterocycles. The first-order chi connectivity index (χ1) is 11.7. The van der Waals surface area contributed by atoms with Crippen LogP contribution < -0.4 is 9.64 Å². The van der Waals surface area contributed by atoms with Gasteiger partial charge < -0.3 is 9.47 Å². The minimum Gasteiger partial charge on any atom is -0.461 e. The topological polar surface area (TPSA) is 64.6 Å². The Labute approximate surface area is 148 Å². The predicted molar refractivity (Wildman–Crippen MR) is 93.3 cm³/mol. The largest absolute Gasteiger partial charge is 0.461 e. The molecule has 0 saturated heterocycles. The lowest BCUT2D eigenvalue weighted by Crippen LogP contribution is -2.29. The third kappa shape index (κ3) is 3.91. The van der Waals surface area contributed by atoms with Gasteiger partial charge in [0, 0.05) is 29.9 Å². The molecule has 7 heteroatoms. The van der Waals surface area contributed by atoms with Gasteiger partial charge in [0.15, 0.2) is 0 Å². The lowest BCUT2D eigenvalue weighted by atomic mass is 10.1. The van der Waals surface area contributed by atoms with Gasteiger partial charge in [0.1, 0.15) is 12.4 Å². The second-order valence-electron chi connectivity index (χ2n) is 5.44. The summed E-state index contributed by atoms with van der Waals surface area (Å²) in [6, 6.07) is 8.36. The smallest absolute Gasteiger partial charge is 0.318 e. The van der Waals surface area contributed by atoms with Crippen LogP contribution in [0.1, 0.15) is 11.1 Å². The Balaban J connectivity index is 1.69. The standard InChI is InChI=1S/C17H18BrN3O3/c1-23-8-9-24-17-19-11-13-10-15(22)21(16(13)20-17)7-6-12-2-4-14(18)5-3-12/h2-5,11H,6-10H2,1H3. The van der Waals surface area contributed by atoms with E-state index in [1.54, 1.807) is 18.2 Å². The maximum atomic E-state index is 12.3. The van der Waals surface area contributed by atoms with Crippen molar-refractivity contribution < 1.29 is 14.3 Å². The highest BCUT2D eigenvalue weighted by molar-refractivity contribution is 9.10.